The first-order chi connectivity index (χ1) is 11.2. The van der Waals surface area contributed by atoms with Gasteiger partial charge in [0.05, 0.1) is 13.2 Å². The third-order valence-electron chi connectivity index (χ3n) is 4.14. The van der Waals surface area contributed by atoms with Crippen LogP contribution in [0.2, 0.25) is 0 Å². The van der Waals surface area contributed by atoms with E-state index in [1.54, 1.807) is 0 Å². The lowest BCUT2D eigenvalue weighted by atomic mass is 10.1. The van der Waals surface area contributed by atoms with Gasteiger partial charge in [0.2, 0.25) is 5.91 Å². The molecule has 1 saturated heterocycles. The number of ether oxygens (including phenoxy) is 1. The first kappa shape index (κ1) is 20.7. The van der Waals surface area contributed by atoms with Gasteiger partial charge in [0.1, 0.15) is 5.75 Å². The van der Waals surface area contributed by atoms with Crippen LogP contribution in [0.4, 0.5) is 0 Å². The minimum absolute atomic E-state index is 0. The van der Waals surface area contributed by atoms with Crippen LogP contribution < -0.4 is 15.4 Å². The lowest BCUT2D eigenvalue weighted by Gasteiger charge is -2.31. The summed E-state index contributed by atoms with van der Waals surface area (Å²) in [6.07, 6.45) is 3.33. The van der Waals surface area contributed by atoms with Crippen molar-refractivity contribution >= 4 is 18.3 Å². The number of hydrogen-bond donors (Lipinski definition) is 2. The highest BCUT2D eigenvalue weighted by molar-refractivity contribution is 5.85. The fourth-order valence-electron chi connectivity index (χ4n) is 2.86. The summed E-state index contributed by atoms with van der Waals surface area (Å²) in [5.41, 5.74) is 1.07. The van der Waals surface area contributed by atoms with E-state index < -0.39 is 0 Å². The van der Waals surface area contributed by atoms with E-state index >= 15 is 0 Å². The third kappa shape index (κ3) is 7.07. The molecule has 1 fully saturated rings. The van der Waals surface area contributed by atoms with Gasteiger partial charge >= 0.3 is 0 Å². The van der Waals surface area contributed by atoms with Crippen molar-refractivity contribution in [3.8, 4) is 5.75 Å². The van der Waals surface area contributed by atoms with Crippen molar-refractivity contribution in [3.05, 3.63) is 29.8 Å². The molecule has 0 saturated carbocycles. The van der Waals surface area contributed by atoms with Crippen LogP contribution in [0.5, 0.6) is 5.75 Å². The van der Waals surface area contributed by atoms with E-state index in [1.165, 1.54) is 6.42 Å². The molecule has 0 radical (unpaired) electrons. The molecule has 0 spiro atoms. The number of amides is 1. The lowest BCUT2D eigenvalue weighted by molar-refractivity contribution is -0.122. The average molecular weight is 356 g/mol. The summed E-state index contributed by atoms with van der Waals surface area (Å²) in [7, 11) is 1.99. The fraction of sp³-hybridized carbons (Fsp3) is 0.611. The second-order valence-corrected chi connectivity index (χ2v) is 6.14. The molecule has 5 nitrogen and oxygen atoms in total. The number of likely N-dealkylation sites (N-methyl/N-ethyl adjacent to an activating group) is 1. The van der Waals surface area contributed by atoms with Crippen LogP contribution in [0.15, 0.2) is 24.3 Å². The molecular formula is C18H30ClN3O2. The Morgan fingerprint density at radius 1 is 1.42 bits per heavy atom. The van der Waals surface area contributed by atoms with Gasteiger partial charge in [-0.05, 0) is 50.6 Å². The number of carbonyl (C=O) groups is 1. The zero-order chi connectivity index (χ0) is 16.5. The van der Waals surface area contributed by atoms with Gasteiger partial charge in [0, 0.05) is 19.1 Å². The van der Waals surface area contributed by atoms with Crippen molar-refractivity contribution in [1.29, 1.82) is 0 Å². The quantitative estimate of drug-likeness (QED) is 0.750. The maximum Gasteiger partial charge on any atom is 0.234 e. The summed E-state index contributed by atoms with van der Waals surface area (Å²) in [5.74, 6) is 0.952. The third-order valence-corrected chi connectivity index (χ3v) is 4.14. The van der Waals surface area contributed by atoms with Crippen LogP contribution in [0.3, 0.4) is 0 Å². The van der Waals surface area contributed by atoms with E-state index in [1.807, 2.05) is 31.3 Å². The molecule has 0 bridgehead atoms. The molecule has 1 aromatic carbocycles. The molecule has 1 heterocycles. The minimum atomic E-state index is 0. The van der Waals surface area contributed by atoms with E-state index in [-0.39, 0.29) is 18.3 Å². The molecule has 0 aliphatic carbocycles. The van der Waals surface area contributed by atoms with Gasteiger partial charge in [0.25, 0.3) is 0 Å². The maximum atomic E-state index is 12.1. The second-order valence-electron chi connectivity index (χ2n) is 6.14. The Bertz CT molecular complexity index is 499. The average Bonchev–Trinajstić information content (AvgIpc) is 2.58. The van der Waals surface area contributed by atoms with E-state index in [0.29, 0.717) is 19.1 Å². The van der Waals surface area contributed by atoms with Crippen molar-refractivity contribution in [2.24, 2.45) is 0 Å². The topological polar surface area (TPSA) is 53.6 Å². The highest BCUT2D eigenvalue weighted by Crippen LogP contribution is 2.13. The molecule has 24 heavy (non-hydrogen) atoms. The monoisotopic (exact) mass is 355 g/mol. The number of benzene rings is 1. The van der Waals surface area contributed by atoms with Gasteiger partial charge in [-0.15, -0.1) is 12.4 Å². The van der Waals surface area contributed by atoms with Crippen molar-refractivity contribution in [2.45, 2.75) is 38.8 Å². The van der Waals surface area contributed by atoms with Gasteiger partial charge in [-0.1, -0.05) is 19.1 Å². The first-order valence-electron chi connectivity index (χ1n) is 8.59. The van der Waals surface area contributed by atoms with E-state index in [2.05, 4.69) is 22.5 Å². The molecule has 0 aromatic heterocycles. The Morgan fingerprint density at radius 2 is 2.25 bits per heavy atom. The first-order valence-corrected chi connectivity index (χ1v) is 8.59. The molecule has 2 rings (SSSR count). The highest BCUT2D eigenvalue weighted by atomic mass is 35.5. The number of nitrogens with one attached hydrogen (secondary N) is 2. The molecule has 1 aromatic rings. The molecular weight excluding hydrogens is 326 g/mol. The largest absolute Gasteiger partial charge is 0.494 e. The second kappa shape index (κ2) is 11.3. The van der Waals surface area contributed by atoms with Gasteiger partial charge in [-0.2, -0.15) is 0 Å². The summed E-state index contributed by atoms with van der Waals surface area (Å²) in [6, 6.07) is 8.43. The number of rotatable bonds is 8. The van der Waals surface area contributed by atoms with E-state index in [4.69, 9.17) is 4.74 Å². The van der Waals surface area contributed by atoms with E-state index in [0.717, 1.165) is 43.9 Å². The van der Waals surface area contributed by atoms with Gasteiger partial charge in [-0.25, -0.2) is 0 Å². The number of carbonyl (C=O) groups excluding carboxylic acids is 1. The number of nitrogens with zero attached hydrogens (tertiary/aromatic N) is 1. The van der Waals surface area contributed by atoms with Gasteiger partial charge in [0.15, 0.2) is 0 Å². The lowest BCUT2D eigenvalue weighted by Crippen LogP contribution is -2.47. The molecule has 1 aliphatic heterocycles. The normalized spacial score (nSPS) is 17.8. The summed E-state index contributed by atoms with van der Waals surface area (Å²) < 4.78 is 5.62. The Kier molecular flexibility index (Phi) is 9.76. The van der Waals surface area contributed by atoms with Crippen LogP contribution in [0.1, 0.15) is 31.7 Å². The fourth-order valence-corrected chi connectivity index (χ4v) is 2.86. The molecule has 2 N–H and O–H groups in total. The van der Waals surface area contributed by atoms with E-state index in [9.17, 15) is 4.79 Å². The van der Waals surface area contributed by atoms with Crippen LogP contribution in [0, 0.1) is 0 Å². The summed E-state index contributed by atoms with van der Waals surface area (Å²) >= 11 is 0. The van der Waals surface area contributed by atoms with Gasteiger partial charge in [-0.3, -0.25) is 9.69 Å². The van der Waals surface area contributed by atoms with Crippen LogP contribution in [0.25, 0.3) is 0 Å². The molecule has 136 valence electrons. The maximum absolute atomic E-state index is 12.1. The van der Waals surface area contributed by atoms with Crippen molar-refractivity contribution < 1.29 is 9.53 Å². The Balaban J connectivity index is 0.00000288. The molecule has 1 aliphatic rings. The van der Waals surface area contributed by atoms with Crippen LogP contribution in [-0.2, 0) is 11.3 Å². The molecule has 6 heteroatoms. The highest BCUT2D eigenvalue weighted by Gasteiger charge is 2.20. The van der Waals surface area contributed by atoms with Crippen LogP contribution in [-0.4, -0.2) is 50.1 Å². The van der Waals surface area contributed by atoms with Crippen molar-refractivity contribution in [1.82, 2.24) is 15.5 Å². The predicted molar refractivity (Wildman–Crippen MR) is 99.8 cm³/mol. The van der Waals surface area contributed by atoms with Crippen molar-refractivity contribution in [3.63, 3.8) is 0 Å². The molecule has 1 amide bonds. The summed E-state index contributed by atoms with van der Waals surface area (Å²) in [4.78, 5) is 14.4. The van der Waals surface area contributed by atoms with Gasteiger partial charge < -0.3 is 15.4 Å². The molecule has 1 unspecified atom stereocenters. The van der Waals surface area contributed by atoms with Crippen molar-refractivity contribution in [2.75, 3.05) is 33.3 Å². The summed E-state index contributed by atoms with van der Waals surface area (Å²) in [6.45, 7) is 5.78. The SMILES string of the molecule is CCCOc1cccc(CNC(=O)CN2CCCC(NC)C2)c1.Cl. The summed E-state index contributed by atoms with van der Waals surface area (Å²) in [5, 5.41) is 6.31. The predicted octanol–water partition coefficient (Wildman–Crippen LogP) is 2.20. The minimum Gasteiger partial charge on any atom is -0.494 e. The Labute approximate surface area is 151 Å². The zero-order valence-corrected chi connectivity index (χ0v) is 15.5. The molecule has 1 atom stereocenters. The Morgan fingerprint density at radius 3 is 3.00 bits per heavy atom. The number of halogens is 1. The Hall–Kier alpha value is -1.30. The number of likely N-dealkylation sites (tertiary alicyclic amines) is 1. The zero-order valence-electron chi connectivity index (χ0n) is 14.7. The number of piperidine rings is 1. The smallest absolute Gasteiger partial charge is 0.234 e. The van der Waals surface area contributed by atoms with Crippen LogP contribution >= 0.6 is 12.4 Å². The number of hydrogen-bond acceptors (Lipinski definition) is 4. The standard InChI is InChI=1S/C18H29N3O2.ClH/c1-3-10-23-17-8-4-6-15(11-17)12-20-18(22)14-21-9-5-7-16(13-21)19-2;/h4,6,8,11,16,19H,3,5,7,9-10,12-14H2,1-2H3,(H,20,22);1H.